The summed E-state index contributed by atoms with van der Waals surface area (Å²) >= 11 is 0. The van der Waals surface area contributed by atoms with Crippen LogP contribution < -0.4 is 4.74 Å². The first-order valence-corrected chi connectivity index (χ1v) is 9.40. The van der Waals surface area contributed by atoms with Crippen molar-refractivity contribution in [3.63, 3.8) is 0 Å². The van der Waals surface area contributed by atoms with Gasteiger partial charge in [-0.3, -0.25) is 4.79 Å². The van der Waals surface area contributed by atoms with Crippen molar-refractivity contribution in [2.75, 3.05) is 7.11 Å². The fourth-order valence-corrected chi connectivity index (χ4v) is 3.69. The maximum Gasteiger partial charge on any atom is 0.695 e. The van der Waals surface area contributed by atoms with Gasteiger partial charge in [-0.1, -0.05) is 20.8 Å². The van der Waals surface area contributed by atoms with Gasteiger partial charge in [0.15, 0.2) is 11.9 Å². The van der Waals surface area contributed by atoms with Crippen LogP contribution in [-0.4, -0.2) is 23.9 Å². The first-order chi connectivity index (χ1) is 11.2. The Bertz CT molecular complexity index is 660. The lowest BCUT2D eigenvalue weighted by molar-refractivity contribution is 0.0808. The molecule has 0 amide bonds. The maximum atomic E-state index is 12.8. The third-order valence-electron chi connectivity index (χ3n) is 4.50. The minimum absolute atomic E-state index is 0.181. The van der Waals surface area contributed by atoms with E-state index in [-0.39, 0.29) is 11.2 Å². The Hall–Kier alpha value is -1.29. The summed E-state index contributed by atoms with van der Waals surface area (Å²) in [5.41, 5.74) is 3.49. The summed E-state index contributed by atoms with van der Waals surface area (Å²) in [6.07, 6.45) is 2.83. The van der Waals surface area contributed by atoms with Crippen LogP contribution in [0, 0.1) is 0 Å². The van der Waals surface area contributed by atoms with Gasteiger partial charge in [0.25, 0.3) is 0 Å². The Morgan fingerprint density at radius 1 is 1.25 bits per heavy atom. The number of benzene rings is 1. The molecule has 0 saturated carbocycles. The molecule has 1 aliphatic rings. The van der Waals surface area contributed by atoms with Gasteiger partial charge in [-0.05, 0) is 55.2 Å². The van der Waals surface area contributed by atoms with E-state index in [0.717, 1.165) is 48.1 Å². The molecule has 0 heterocycles. The molecule has 0 fully saturated rings. The minimum atomic E-state index is -2.81. The number of rotatable bonds is 5. The molecular weight excluding hydrogens is 327 g/mol. The molecule has 0 bridgehead atoms. The summed E-state index contributed by atoms with van der Waals surface area (Å²) in [4.78, 5) is 21.8. The zero-order valence-corrected chi connectivity index (χ0v) is 15.9. The first kappa shape index (κ1) is 19.0. The van der Waals surface area contributed by atoms with Crippen LogP contribution in [0.25, 0.3) is 0 Å². The molecule has 1 aliphatic carbocycles. The number of hydrogen-bond donors (Lipinski definition) is 1. The number of ketones is 1. The van der Waals surface area contributed by atoms with Crippen molar-refractivity contribution < 1.29 is 23.5 Å². The molecule has 0 spiro atoms. The number of fused-ring (bicyclic) bond motifs is 1. The zero-order chi connectivity index (χ0) is 18.1. The van der Waals surface area contributed by atoms with E-state index in [1.807, 2.05) is 6.07 Å². The third kappa shape index (κ3) is 3.85. The topological polar surface area (TPSA) is 72.8 Å². The summed E-state index contributed by atoms with van der Waals surface area (Å²) in [7, 11) is -1.14. The van der Waals surface area contributed by atoms with E-state index in [2.05, 4.69) is 20.8 Å². The molecule has 1 aromatic rings. The second-order valence-electron chi connectivity index (χ2n) is 7.27. The fourth-order valence-electron chi connectivity index (χ4n) is 3.32. The number of Topliss-reactive ketones (excluding diaryl/α,β-unsaturated/α-hetero) is 1. The summed E-state index contributed by atoms with van der Waals surface area (Å²) in [6.45, 7) is 7.76. The first-order valence-electron chi connectivity index (χ1n) is 8.27. The Balaban J connectivity index is 2.63. The van der Waals surface area contributed by atoms with Gasteiger partial charge < -0.3 is 4.74 Å². The third-order valence-corrected chi connectivity index (χ3v) is 4.99. The molecule has 24 heavy (non-hydrogen) atoms. The molecule has 2 atom stereocenters. The van der Waals surface area contributed by atoms with E-state index in [1.54, 1.807) is 7.11 Å². The predicted octanol–water partition coefficient (Wildman–Crippen LogP) is 4.11. The van der Waals surface area contributed by atoms with E-state index >= 15 is 0 Å². The van der Waals surface area contributed by atoms with Crippen LogP contribution >= 0.6 is 8.25 Å². The second kappa shape index (κ2) is 7.30. The van der Waals surface area contributed by atoms with Crippen LogP contribution in [0.2, 0.25) is 0 Å². The van der Waals surface area contributed by atoms with E-state index in [0.29, 0.717) is 5.56 Å². The molecule has 1 aromatic carbocycles. The molecule has 132 valence electrons. The number of hydrogen-bond acceptors (Lipinski definition) is 4. The van der Waals surface area contributed by atoms with Crippen molar-refractivity contribution in [3.05, 3.63) is 28.3 Å². The molecule has 6 heteroatoms. The second-order valence-corrected chi connectivity index (χ2v) is 7.96. The molecule has 0 aromatic heterocycles. The monoisotopic (exact) mass is 353 g/mol. The van der Waals surface area contributed by atoms with Gasteiger partial charge in [0.05, 0.1) is 7.11 Å². The molecule has 2 rings (SSSR count). The van der Waals surface area contributed by atoms with Crippen molar-refractivity contribution in [3.8, 4) is 5.75 Å². The minimum Gasteiger partial charge on any atom is -0.496 e. The highest BCUT2D eigenvalue weighted by molar-refractivity contribution is 7.32. The van der Waals surface area contributed by atoms with Crippen LogP contribution in [0.15, 0.2) is 6.07 Å². The molecule has 5 nitrogen and oxygen atoms in total. The lowest BCUT2D eigenvalue weighted by Gasteiger charge is -2.29. The largest absolute Gasteiger partial charge is 0.695 e. The van der Waals surface area contributed by atoms with E-state index < -0.39 is 14.4 Å². The van der Waals surface area contributed by atoms with Gasteiger partial charge >= 0.3 is 8.25 Å². The molecule has 2 unspecified atom stereocenters. The normalized spacial score (nSPS) is 16.3. The lowest BCUT2D eigenvalue weighted by Crippen LogP contribution is -2.24. The Morgan fingerprint density at radius 2 is 1.83 bits per heavy atom. The van der Waals surface area contributed by atoms with Crippen molar-refractivity contribution in [2.45, 2.75) is 64.9 Å². The van der Waals surface area contributed by atoms with Gasteiger partial charge in [-0.25, -0.2) is 0 Å². The maximum absolute atomic E-state index is 12.8. The SMILES string of the molecule is COc1c(C(C)(C)C)cc(C(=O)C(C)O[P+](=O)O)c2c1CCCC2. The van der Waals surface area contributed by atoms with Crippen LogP contribution in [-0.2, 0) is 27.3 Å². The van der Waals surface area contributed by atoms with Gasteiger partial charge in [-0.15, -0.1) is 9.42 Å². The van der Waals surface area contributed by atoms with Crippen molar-refractivity contribution >= 4 is 14.0 Å². The van der Waals surface area contributed by atoms with Crippen LogP contribution in [0.3, 0.4) is 0 Å². The van der Waals surface area contributed by atoms with Gasteiger partial charge in [0, 0.05) is 15.7 Å². The van der Waals surface area contributed by atoms with Crippen LogP contribution in [0.4, 0.5) is 0 Å². The summed E-state index contributed by atoms with van der Waals surface area (Å²) in [5.74, 6) is 0.620. The fraction of sp³-hybridized carbons (Fsp3) is 0.611. The zero-order valence-electron chi connectivity index (χ0n) is 15.0. The van der Waals surface area contributed by atoms with Crippen LogP contribution in [0.1, 0.15) is 67.6 Å². The Labute approximate surface area is 144 Å². The van der Waals surface area contributed by atoms with Crippen molar-refractivity contribution in [2.24, 2.45) is 0 Å². The summed E-state index contributed by atoms with van der Waals surface area (Å²) < 4.78 is 21.4. The quantitative estimate of drug-likeness (QED) is 0.637. The standard InChI is InChI=1S/C18H25O5P/c1-11(23-24(20)21)16(19)14-10-15(18(2,3)4)17(22-5)13-9-7-6-8-12(13)14/h10-11H,6-9H2,1-5H3/p+1. The number of carbonyl (C=O) groups is 1. The molecule has 0 aliphatic heterocycles. The predicted molar refractivity (Wildman–Crippen MR) is 93.0 cm³/mol. The van der Waals surface area contributed by atoms with E-state index in [4.69, 9.17) is 14.2 Å². The smallest absolute Gasteiger partial charge is 0.496 e. The Kier molecular flexibility index (Phi) is 5.79. The highest BCUT2D eigenvalue weighted by Gasteiger charge is 2.33. The van der Waals surface area contributed by atoms with E-state index in [1.165, 1.54) is 6.92 Å². The number of carbonyl (C=O) groups excluding carboxylic acids is 1. The van der Waals surface area contributed by atoms with E-state index in [9.17, 15) is 9.36 Å². The molecule has 0 saturated heterocycles. The number of ether oxygens (including phenoxy) is 1. The van der Waals surface area contributed by atoms with Crippen molar-refractivity contribution in [1.29, 1.82) is 0 Å². The lowest BCUT2D eigenvalue weighted by atomic mass is 9.77. The number of methoxy groups -OCH3 is 1. The van der Waals surface area contributed by atoms with Gasteiger partial charge in [0.1, 0.15) is 5.75 Å². The molecular formula is C18H26O5P+. The molecule has 0 radical (unpaired) electrons. The molecule has 1 N–H and O–H groups in total. The summed E-state index contributed by atoms with van der Waals surface area (Å²) in [6, 6.07) is 1.88. The average molecular weight is 353 g/mol. The highest BCUT2D eigenvalue weighted by Crippen LogP contribution is 2.41. The van der Waals surface area contributed by atoms with Gasteiger partial charge in [-0.2, -0.15) is 0 Å². The van der Waals surface area contributed by atoms with Gasteiger partial charge in [0.2, 0.25) is 0 Å². The Morgan fingerprint density at radius 3 is 2.33 bits per heavy atom. The summed E-state index contributed by atoms with van der Waals surface area (Å²) in [5, 5.41) is 0. The van der Waals surface area contributed by atoms with Crippen LogP contribution in [0.5, 0.6) is 5.75 Å². The van der Waals surface area contributed by atoms with Crippen molar-refractivity contribution in [1.82, 2.24) is 0 Å². The highest BCUT2D eigenvalue weighted by atomic mass is 31.1. The average Bonchev–Trinajstić information content (AvgIpc) is 2.50.